The highest BCUT2D eigenvalue weighted by molar-refractivity contribution is 9.10. The van der Waals surface area contributed by atoms with Crippen molar-refractivity contribution in [3.63, 3.8) is 0 Å². The zero-order chi connectivity index (χ0) is 8.43. The van der Waals surface area contributed by atoms with Crippen LogP contribution in [-0.4, -0.2) is 0 Å². The Kier molecular flexibility index (Phi) is 2.50. The summed E-state index contributed by atoms with van der Waals surface area (Å²) < 4.78 is 1.15. The number of hydrogen-bond acceptors (Lipinski definition) is 0. The van der Waals surface area contributed by atoms with Crippen LogP contribution in [0.1, 0.15) is 18.1 Å². The minimum atomic E-state index is 1.11. The van der Waals surface area contributed by atoms with Gasteiger partial charge in [0.15, 0.2) is 0 Å². The fourth-order valence-corrected chi connectivity index (χ4v) is 1.44. The first-order chi connectivity index (χ1) is 5.13. The maximum atomic E-state index is 3.91. The normalized spacial score (nSPS) is 9.73. The van der Waals surface area contributed by atoms with Crippen LogP contribution in [0.2, 0.25) is 0 Å². The van der Waals surface area contributed by atoms with E-state index in [4.69, 9.17) is 0 Å². The summed E-state index contributed by atoms with van der Waals surface area (Å²) in [5, 5.41) is 0. The summed E-state index contributed by atoms with van der Waals surface area (Å²) in [7, 11) is 0. The molecule has 0 heterocycles. The third-order valence-electron chi connectivity index (χ3n) is 1.73. The standard InChI is InChI=1S/C10H11Br/c1-7(2)9-5-4-6-10(11)8(9)3/h4-6H,1H2,2-3H3. The molecule has 0 saturated heterocycles. The molecule has 0 aliphatic carbocycles. The quantitative estimate of drug-likeness (QED) is 0.662. The van der Waals surface area contributed by atoms with Crippen molar-refractivity contribution in [2.24, 2.45) is 0 Å². The average Bonchev–Trinajstić information content (AvgIpc) is 1.94. The van der Waals surface area contributed by atoms with E-state index in [1.54, 1.807) is 0 Å². The van der Waals surface area contributed by atoms with Gasteiger partial charge in [-0.3, -0.25) is 0 Å². The fourth-order valence-electron chi connectivity index (χ4n) is 1.07. The summed E-state index contributed by atoms with van der Waals surface area (Å²) in [4.78, 5) is 0. The highest BCUT2D eigenvalue weighted by Gasteiger charge is 2.00. The van der Waals surface area contributed by atoms with E-state index >= 15 is 0 Å². The predicted molar refractivity (Wildman–Crippen MR) is 53.6 cm³/mol. The van der Waals surface area contributed by atoms with Crippen LogP contribution in [0.4, 0.5) is 0 Å². The van der Waals surface area contributed by atoms with Gasteiger partial charge in [-0.25, -0.2) is 0 Å². The van der Waals surface area contributed by atoms with Crippen LogP contribution in [0.15, 0.2) is 29.3 Å². The molecule has 58 valence electrons. The Morgan fingerprint density at radius 2 is 2.09 bits per heavy atom. The largest absolute Gasteiger partial charge is 0.0955 e. The zero-order valence-electron chi connectivity index (χ0n) is 6.82. The zero-order valence-corrected chi connectivity index (χ0v) is 8.40. The van der Waals surface area contributed by atoms with Gasteiger partial charge in [0.1, 0.15) is 0 Å². The van der Waals surface area contributed by atoms with Crippen molar-refractivity contribution in [2.45, 2.75) is 13.8 Å². The second kappa shape index (κ2) is 3.22. The van der Waals surface area contributed by atoms with Crippen LogP contribution in [0, 0.1) is 6.92 Å². The Morgan fingerprint density at radius 3 is 2.55 bits per heavy atom. The van der Waals surface area contributed by atoms with Gasteiger partial charge in [-0.1, -0.05) is 40.2 Å². The molecule has 0 aliphatic heterocycles. The van der Waals surface area contributed by atoms with E-state index in [2.05, 4.69) is 35.5 Å². The molecule has 0 saturated carbocycles. The minimum absolute atomic E-state index is 1.11. The number of halogens is 1. The predicted octanol–water partition coefficient (Wildman–Crippen LogP) is 3.79. The molecular formula is C10H11Br. The topological polar surface area (TPSA) is 0 Å². The summed E-state index contributed by atoms with van der Waals surface area (Å²) in [6.07, 6.45) is 0. The van der Waals surface area contributed by atoms with Crippen molar-refractivity contribution in [3.8, 4) is 0 Å². The highest BCUT2D eigenvalue weighted by atomic mass is 79.9. The van der Waals surface area contributed by atoms with E-state index in [-0.39, 0.29) is 0 Å². The summed E-state index contributed by atoms with van der Waals surface area (Å²) in [6.45, 7) is 8.02. The molecule has 1 heteroatoms. The van der Waals surface area contributed by atoms with Gasteiger partial charge in [-0.15, -0.1) is 0 Å². The summed E-state index contributed by atoms with van der Waals surface area (Å²) in [6, 6.07) is 6.16. The van der Waals surface area contributed by atoms with Crippen LogP contribution in [0.5, 0.6) is 0 Å². The van der Waals surface area contributed by atoms with Crippen LogP contribution in [-0.2, 0) is 0 Å². The van der Waals surface area contributed by atoms with Gasteiger partial charge >= 0.3 is 0 Å². The third-order valence-corrected chi connectivity index (χ3v) is 2.59. The first-order valence-corrected chi connectivity index (χ1v) is 4.33. The Balaban J connectivity index is 3.27. The molecule has 0 nitrogen and oxygen atoms in total. The number of benzene rings is 1. The minimum Gasteiger partial charge on any atom is -0.0955 e. The van der Waals surface area contributed by atoms with E-state index in [0.29, 0.717) is 0 Å². The lowest BCUT2D eigenvalue weighted by atomic mass is 10.0. The SMILES string of the molecule is C=C(C)c1cccc(Br)c1C. The van der Waals surface area contributed by atoms with Crippen LogP contribution in [0.25, 0.3) is 5.57 Å². The second-order valence-electron chi connectivity index (χ2n) is 2.69. The molecule has 0 bridgehead atoms. The van der Waals surface area contributed by atoms with Crippen molar-refractivity contribution in [3.05, 3.63) is 40.4 Å². The Morgan fingerprint density at radius 1 is 1.45 bits per heavy atom. The van der Waals surface area contributed by atoms with Crippen molar-refractivity contribution in [2.75, 3.05) is 0 Å². The molecule has 1 rings (SSSR count). The lowest BCUT2D eigenvalue weighted by Crippen LogP contribution is -1.84. The molecule has 0 spiro atoms. The lowest BCUT2D eigenvalue weighted by Gasteiger charge is -2.05. The molecule has 1 aromatic carbocycles. The molecule has 0 radical (unpaired) electrons. The summed E-state index contributed by atoms with van der Waals surface area (Å²) >= 11 is 3.47. The van der Waals surface area contributed by atoms with Gasteiger partial charge < -0.3 is 0 Å². The van der Waals surface area contributed by atoms with E-state index in [9.17, 15) is 0 Å². The van der Waals surface area contributed by atoms with Crippen molar-refractivity contribution < 1.29 is 0 Å². The first-order valence-electron chi connectivity index (χ1n) is 3.54. The number of allylic oxidation sites excluding steroid dienone is 1. The summed E-state index contributed by atoms with van der Waals surface area (Å²) in [5.74, 6) is 0. The van der Waals surface area contributed by atoms with Gasteiger partial charge in [0.2, 0.25) is 0 Å². The molecule has 0 aromatic heterocycles. The van der Waals surface area contributed by atoms with Crippen molar-refractivity contribution in [1.82, 2.24) is 0 Å². The van der Waals surface area contributed by atoms with Gasteiger partial charge in [0, 0.05) is 4.47 Å². The van der Waals surface area contributed by atoms with Crippen molar-refractivity contribution >= 4 is 21.5 Å². The molecule has 0 amide bonds. The maximum absolute atomic E-state index is 3.91. The van der Waals surface area contributed by atoms with Crippen molar-refractivity contribution in [1.29, 1.82) is 0 Å². The fraction of sp³-hybridized carbons (Fsp3) is 0.200. The monoisotopic (exact) mass is 210 g/mol. The smallest absolute Gasteiger partial charge is 0.0210 e. The second-order valence-corrected chi connectivity index (χ2v) is 3.55. The van der Waals surface area contributed by atoms with E-state index in [0.717, 1.165) is 10.0 Å². The van der Waals surface area contributed by atoms with Gasteiger partial charge in [-0.05, 0) is 31.0 Å². The lowest BCUT2D eigenvalue weighted by molar-refractivity contribution is 1.38. The van der Waals surface area contributed by atoms with Crippen LogP contribution >= 0.6 is 15.9 Å². The van der Waals surface area contributed by atoms with Crippen LogP contribution in [0.3, 0.4) is 0 Å². The van der Waals surface area contributed by atoms with E-state index in [1.165, 1.54) is 11.1 Å². The van der Waals surface area contributed by atoms with E-state index < -0.39 is 0 Å². The van der Waals surface area contributed by atoms with Gasteiger partial charge in [-0.2, -0.15) is 0 Å². The average molecular weight is 211 g/mol. The van der Waals surface area contributed by atoms with Crippen LogP contribution < -0.4 is 0 Å². The van der Waals surface area contributed by atoms with E-state index in [1.807, 2.05) is 19.1 Å². The Hall–Kier alpha value is -0.560. The molecule has 0 unspecified atom stereocenters. The first kappa shape index (κ1) is 8.54. The molecule has 11 heavy (non-hydrogen) atoms. The number of rotatable bonds is 1. The number of hydrogen-bond donors (Lipinski definition) is 0. The summed E-state index contributed by atoms with van der Waals surface area (Å²) in [5.41, 5.74) is 3.61. The molecule has 0 N–H and O–H groups in total. The molecule has 0 atom stereocenters. The van der Waals surface area contributed by atoms with Gasteiger partial charge in [0.25, 0.3) is 0 Å². The molecule has 0 fully saturated rings. The molecule has 1 aromatic rings. The molecular weight excluding hydrogens is 200 g/mol. The van der Waals surface area contributed by atoms with Gasteiger partial charge in [0.05, 0.1) is 0 Å². The molecule has 0 aliphatic rings. The third kappa shape index (κ3) is 1.72. The Bertz CT molecular complexity index is 287. The highest BCUT2D eigenvalue weighted by Crippen LogP contribution is 2.23. The maximum Gasteiger partial charge on any atom is 0.0210 e. The Labute approximate surface area is 76.1 Å².